The number of rotatable bonds is 10. The van der Waals surface area contributed by atoms with Gasteiger partial charge in [-0.2, -0.15) is 0 Å². The van der Waals surface area contributed by atoms with Crippen LogP contribution >= 0.6 is 11.3 Å². The summed E-state index contributed by atoms with van der Waals surface area (Å²) in [6, 6.07) is 8.73. The molecular formula is C31H31FN4O5S. The number of thiazole rings is 1. The van der Waals surface area contributed by atoms with Crippen molar-refractivity contribution in [1.29, 1.82) is 0 Å². The van der Waals surface area contributed by atoms with Crippen molar-refractivity contribution in [1.82, 2.24) is 9.55 Å². The number of halogens is 1. The van der Waals surface area contributed by atoms with Gasteiger partial charge in [0.25, 0.3) is 0 Å². The lowest BCUT2D eigenvalue weighted by molar-refractivity contribution is -0.118. The van der Waals surface area contributed by atoms with Gasteiger partial charge in [0, 0.05) is 35.2 Å². The van der Waals surface area contributed by atoms with Gasteiger partial charge >= 0.3 is 5.97 Å². The van der Waals surface area contributed by atoms with Crippen LogP contribution < -0.4 is 10.6 Å². The van der Waals surface area contributed by atoms with Gasteiger partial charge < -0.3 is 20.3 Å². The van der Waals surface area contributed by atoms with E-state index in [1.807, 2.05) is 17.8 Å². The monoisotopic (exact) mass is 590 g/mol. The number of carboxylic acids is 1. The minimum absolute atomic E-state index is 0.0173. The summed E-state index contributed by atoms with van der Waals surface area (Å²) in [6.45, 7) is 1.33. The molecule has 2 aromatic carbocycles. The second-order valence-electron chi connectivity index (χ2n) is 10.8. The third kappa shape index (κ3) is 6.41. The van der Waals surface area contributed by atoms with E-state index in [0.29, 0.717) is 45.3 Å². The Morgan fingerprint density at radius 1 is 1.12 bits per heavy atom. The van der Waals surface area contributed by atoms with Crippen molar-refractivity contribution < 1.29 is 28.7 Å². The van der Waals surface area contributed by atoms with E-state index in [2.05, 4.69) is 15.6 Å². The van der Waals surface area contributed by atoms with Crippen LogP contribution in [0.15, 0.2) is 48.0 Å². The third-order valence-electron chi connectivity index (χ3n) is 7.76. The molecule has 1 atom stereocenters. The highest BCUT2D eigenvalue weighted by Gasteiger charge is 2.30. The molecule has 3 N–H and O–H groups in total. The van der Waals surface area contributed by atoms with E-state index in [1.54, 1.807) is 11.4 Å². The van der Waals surface area contributed by atoms with E-state index in [0.717, 1.165) is 25.7 Å². The summed E-state index contributed by atoms with van der Waals surface area (Å²) in [4.78, 5) is 53.7. The van der Waals surface area contributed by atoms with Crippen LogP contribution in [0, 0.1) is 11.7 Å². The quantitative estimate of drug-likeness (QED) is 0.190. The molecule has 0 saturated heterocycles. The smallest absolute Gasteiger partial charge is 0.335 e. The minimum Gasteiger partial charge on any atom is -0.478 e. The third-order valence-corrected chi connectivity index (χ3v) is 8.57. The molecule has 9 nitrogen and oxygen atoms in total. The molecule has 2 heterocycles. The van der Waals surface area contributed by atoms with E-state index >= 15 is 0 Å². The predicted octanol–water partition coefficient (Wildman–Crippen LogP) is 6.16. The maximum Gasteiger partial charge on any atom is 0.335 e. The van der Waals surface area contributed by atoms with Gasteiger partial charge in [-0.3, -0.25) is 14.4 Å². The van der Waals surface area contributed by atoms with E-state index in [1.165, 1.54) is 48.6 Å². The zero-order valence-corrected chi connectivity index (χ0v) is 24.1. The molecular weight excluding hydrogens is 559 g/mol. The molecule has 1 saturated carbocycles. The highest BCUT2D eigenvalue weighted by Crippen LogP contribution is 2.38. The van der Waals surface area contributed by atoms with E-state index < -0.39 is 17.7 Å². The van der Waals surface area contributed by atoms with Crippen molar-refractivity contribution in [3.8, 4) is 0 Å². The lowest BCUT2D eigenvalue weighted by Crippen LogP contribution is -2.23. The number of aryl methyl sites for hydroxylation is 1. The first-order chi connectivity index (χ1) is 20.1. The molecule has 0 radical (unpaired) electrons. The number of anilines is 2. The van der Waals surface area contributed by atoms with Crippen LogP contribution in [0.2, 0.25) is 0 Å². The number of hydrogen-bond donors (Lipinski definition) is 3. The van der Waals surface area contributed by atoms with Crippen molar-refractivity contribution in [2.24, 2.45) is 13.0 Å². The standard InChI is InChI=1S/C31H31FN4O5S/c1-17(37)22-14-27-23(13-26(22)32)25(15-36(27)2)24(11-18-5-3-4-6-18)29(39)35-31-34-21(16-42-31)12-28(38)33-20-9-7-19(8-10-20)30(40)41/h7-10,13-16,18,24H,3-6,11-12H2,1-2H3,(H,33,38)(H,40,41)(H,34,35,39). The van der Waals surface area contributed by atoms with Gasteiger partial charge in [-0.05, 0) is 61.2 Å². The molecule has 1 aliphatic rings. The Balaban J connectivity index is 1.33. The maximum atomic E-state index is 14.9. The summed E-state index contributed by atoms with van der Waals surface area (Å²) in [7, 11) is 1.82. The lowest BCUT2D eigenvalue weighted by Gasteiger charge is -2.19. The number of fused-ring (bicyclic) bond motifs is 1. The number of hydrogen-bond acceptors (Lipinski definition) is 6. The van der Waals surface area contributed by atoms with Gasteiger partial charge in [0.05, 0.1) is 29.2 Å². The fourth-order valence-corrected chi connectivity index (χ4v) is 6.35. The number of nitrogens with one attached hydrogen (secondary N) is 2. The number of carbonyl (C=O) groups is 4. The first-order valence-corrected chi connectivity index (χ1v) is 14.6. The fourth-order valence-electron chi connectivity index (χ4n) is 5.64. The van der Waals surface area contributed by atoms with Crippen molar-refractivity contribution in [2.75, 3.05) is 10.6 Å². The Kier molecular flexibility index (Phi) is 8.49. The van der Waals surface area contributed by atoms with Crippen molar-refractivity contribution >= 4 is 56.6 Å². The first-order valence-electron chi connectivity index (χ1n) is 13.8. The molecule has 11 heteroatoms. The number of nitrogens with zero attached hydrogens (tertiary/aromatic N) is 2. The van der Waals surface area contributed by atoms with E-state index in [-0.39, 0.29) is 35.1 Å². The number of carboxylic acid groups (broad SMARTS) is 1. The van der Waals surface area contributed by atoms with Crippen LogP contribution in [0.5, 0.6) is 0 Å². The predicted molar refractivity (Wildman–Crippen MR) is 159 cm³/mol. The molecule has 0 bridgehead atoms. The summed E-state index contributed by atoms with van der Waals surface area (Å²) in [5, 5.41) is 17.3. The Morgan fingerprint density at radius 2 is 1.83 bits per heavy atom. The molecule has 4 aromatic rings. The van der Waals surface area contributed by atoms with Gasteiger partial charge in [0.15, 0.2) is 10.9 Å². The van der Waals surface area contributed by atoms with Crippen LogP contribution in [0.25, 0.3) is 10.9 Å². The summed E-state index contributed by atoms with van der Waals surface area (Å²) >= 11 is 1.21. The van der Waals surface area contributed by atoms with Crippen molar-refractivity contribution in [3.05, 3.63) is 76.2 Å². The number of aromatic nitrogens is 2. The first kappa shape index (κ1) is 29.1. The number of ketones is 1. The second-order valence-corrected chi connectivity index (χ2v) is 11.6. The Bertz CT molecular complexity index is 1670. The molecule has 218 valence electrons. The molecule has 1 unspecified atom stereocenters. The number of aromatic carboxylic acids is 1. The average molecular weight is 591 g/mol. The van der Waals surface area contributed by atoms with Gasteiger partial charge in [-0.25, -0.2) is 14.2 Å². The Hall–Kier alpha value is -4.38. The topological polar surface area (TPSA) is 130 Å². The normalized spacial score (nSPS) is 14.2. The van der Waals surface area contributed by atoms with E-state index in [4.69, 9.17) is 5.11 Å². The molecule has 2 aromatic heterocycles. The van der Waals surface area contributed by atoms with Gasteiger partial charge in [0.1, 0.15) is 5.82 Å². The Labute approximate surface area is 245 Å². The maximum absolute atomic E-state index is 14.9. The molecule has 0 aliphatic heterocycles. The molecule has 1 fully saturated rings. The summed E-state index contributed by atoms with van der Waals surface area (Å²) in [5.74, 6) is -2.78. The largest absolute Gasteiger partial charge is 0.478 e. The number of amides is 2. The van der Waals surface area contributed by atoms with Crippen molar-refractivity contribution in [2.45, 2.75) is 51.4 Å². The summed E-state index contributed by atoms with van der Waals surface area (Å²) < 4.78 is 16.7. The van der Waals surface area contributed by atoms with Crippen LogP contribution in [0.3, 0.4) is 0 Å². The van der Waals surface area contributed by atoms with Gasteiger partial charge in [0.2, 0.25) is 11.8 Å². The molecule has 5 rings (SSSR count). The van der Waals surface area contributed by atoms with Crippen LogP contribution in [-0.4, -0.2) is 38.2 Å². The fraction of sp³-hybridized carbons (Fsp3) is 0.323. The number of carbonyl (C=O) groups excluding carboxylic acids is 3. The van der Waals surface area contributed by atoms with Crippen LogP contribution in [-0.2, 0) is 23.1 Å². The lowest BCUT2D eigenvalue weighted by atomic mass is 9.87. The van der Waals surface area contributed by atoms with Crippen LogP contribution in [0.4, 0.5) is 15.2 Å². The Morgan fingerprint density at radius 3 is 2.50 bits per heavy atom. The number of Topliss-reactive ketones (excluding diaryl/α,β-unsaturated/α-hetero) is 1. The second kappa shape index (κ2) is 12.2. The van der Waals surface area contributed by atoms with Crippen LogP contribution in [0.1, 0.15) is 76.9 Å². The molecule has 42 heavy (non-hydrogen) atoms. The average Bonchev–Trinajstić information content (AvgIpc) is 3.68. The van der Waals surface area contributed by atoms with Gasteiger partial charge in [-0.15, -0.1) is 11.3 Å². The molecule has 2 amide bonds. The highest BCUT2D eigenvalue weighted by molar-refractivity contribution is 7.14. The van der Waals surface area contributed by atoms with E-state index in [9.17, 15) is 23.6 Å². The van der Waals surface area contributed by atoms with Gasteiger partial charge in [-0.1, -0.05) is 25.7 Å². The summed E-state index contributed by atoms with van der Waals surface area (Å²) in [5.41, 5.74) is 2.46. The minimum atomic E-state index is -1.05. The summed E-state index contributed by atoms with van der Waals surface area (Å²) in [6.07, 6.45) is 6.73. The SMILES string of the molecule is CC(=O)c1cc2c(cc1F)c(C(CC1CCCC1)C(=O)Nc1nc(CC(=O)Nc3ccc(C(=O)O)cc3)cs1)cn2C. The van der Waals surface area contributed by atoms with Crippen molar-refractivity contribution in [3.63, 3.8) is 0 Å². The molecule has 1 aliphatic carbocycles. The zero-order chi connectivity index (χ0) is 30.0. The molecule has 0 spiro atoms. The zero-order valence-electron chi connectivity index (χ0n) is 23.3. The number of benzene rings is 2. The highest BCUT2D eigenvalue weighted by atomic mass is 32.1.